The first-order valence-corrected chi connectivity index (χ1v) is 6.15. The molecule has 1 heterocycles. The zero-order chi connectivity index (χ0) is 14.3. The van der Waals surface area contributed by atoms with Crippen molar-refractivity contribution < 1.29 is 18.3 Å². The molecule has 20 heavy (non-hydrogen) atoms. The van der Waals surface area contributed by atoms with Crippen LogP contribution in [0, 0.1) is 0 Å². The molecule has 1 fully saturated rings. The number of nitrogens with zero attached hydrogens (tertiary/aromatic N) is 1. The van der Waals surface area contributed by atoms with Gasteiger partial charge in [-0.05, 0) is 18.9 Å². The van der Waals surface area contributed by atoms with Crippen molar-refractivity contribution in [2.24, 2.45) is 0 Å². The summed E-state index contributed by atoms with van der Waals surface area (Å²) in [5.41, 5.74) is 0.0193. The summed E-state index contributed by atoms with van der Waals surface area (Å²) in [6.07, 6.45) is 1.95. The molecule has 3 rings (SSSR count). The van der Waals surface area contributed by atoms with E-state index < -0.39 is 6.61 Å². The van der Waals surface area contributed by atoms with E-state index in [1.807, 2.05) is 0 Å². The standard InChI is InChI=1S/C13H12F2N2O3/c1-19-9-4-7-8(5-10(9)20-13(14)15)16-11(6-2-3-6)17-12(7)18/h4-6,13H,2-3H2,1H3,(H,16,17,18). The maximum absolute atomic E-state index is 12.4. The molecule has 1 aromatic heterocycles. The highest BCUT2D eigenvalue weighted by Gasteiger charge is 2.27. The van der Waals surface area contributed by atoms with E-state index in [1.165, 1.54) is 19.2 Å². The molecule has 0 radical (unpaired) electrons. The van der Waals surface area contributed by atoms with Crippen LogP contribution in [0.2, 0.25) is 0 Å². The fourth-order valence-corrected chi connectivity index (χ4v) is 2.06. The normalized spacial score (nSPS) is 14.8. The fraction of sp³-hybridized carbons (Fsp3) is 0.385. The highest BCUT2D eigenvalue weighted by Crippen LogP contribution is 2.38. The van der Waals surface area contributed by atoms with Gasteiger partial charge in [0, 0.05) is 12.0 Å². The Kier molecular flexibility index (Phi) is 3.04. The number of nitrogens with one attached hydrogen (secondary N) is 1. The van der Waals surface area contributed by atoms with Crippen molar-refractivity contribution >= 4 is 10.9 Å². The topological polar surface area (TPSA) is 64.2 Å². The zero-order valence-electron chi connectivity index (χ0n) is 10.7. The monoisotopic (exact) mass is 282 g/mol. The highest BCUT2D eigenvalue weighted by atomic mass is 19.3. The van der Waals surface area contributed by atoms with E-state index in [0.717, 1.165) is 12.8 Å². The number of ether oxygens (including phenoxy) is 2. The Bertz CT molecular complexity index is 711. The Morgan fingerprint density at radius 2 is 2.10 bits per heavy atom. The third kappa shape index (κ3) is 2.31. The minimum atomic E-state index is -2.97. The van der Waals surface area contributed by atoms with E-state index in [0.29, 0.717) is 11.3 Å². The number of alkyl halides is 2. The number of fused-ring (bicyclic) bond motifs is 1. The van der Waals surface area contributed by atoms with Gasteiger partial charge in [0.05, 0.1) is 18.0 Å². The SMILES string of the molecule is COc1cc2c(=O)[nH]c(C3CC3)nc2cc1OC(F)F. The molecule has 5 nitrogen and oxygen atoms in total. The predicted molar refractivity (Wildman–Crippen MR) is 67.5 cm³/mol. The first-order valence-electron chi connectivity index (χ1n) is 6.15. The molecule has 1 aromatic carbocycles. The second kappa shape index (κ2) is 4.73. The lowest BCUT2D eigenvalue weighted by Gasteiger charge is -2.11. The molecule has 106 valence electrons. The van der Waals surface area contributed by atoms with E-state index in [-0.39, 0.29) is 28.4 Å². The number of aromatic amines is 1. The molecule has 0 amide bonds. The maximum atomic E-state index is 12.4. The minimum absolute atomic E-state index is 0.0734. The lowest BCUT2D eigenvalue weighted by molar-refractivity contribution is -0.0511. The van der Waals surface area contributed by atoms with Gasteiger partial charge in [-0.2, -0.15) is 8.78 Å². The predicted octanol–water partition coefficient (Wildman–Crippen LogP) is 2.41. The van der Waals surface area contributed by atoms with Crippen molar-refractivity contribution in [2.45, 2.75) is 25.4 Å². The van der Waals surface area contributed by atoms with Gasteiger partial charge in [-0.15, -0.1) is 0 Å². The molecule has 1 saturated carbocycles. The number of methoxy groups -OCH3 is 1. The van der Waals surface area contributed by atoms with Crippen LogP contribution in [0.25, 0.3) is 10.9 Å². The van der Waals surface area contributed by atoms with Crippen LogP contribution in [0.5, 0.6) is 11.5 Å². The molecule has 1 N–H and O–H groups in total. The van der Waals surface area contributed by atoms with E-state index in [1.54, 1.807) is 0 Å². The van der Waals surface area contributed by atoms with Gasteiger partial charge in [0.15, 0.2) is 11.5 Å². The van der Waals surface area contributed by atoms with Gasteiger partial charge < -0.3 is 14.5 Å². The summed E-state index contributed by atoms with van der Waals surface area (Å²) in [6, 6.07) is 2.66. The number of aromatic nitrogens is 2. The third-order valence-corrected chi connectivity index (χ3v) is 3.19. The second-order valence-electron chi connectivity index (χ2n) is 4.62. The average molecular weight is 282 g/mol. The Morgan fingerprint density at radius 3 is 2.70 bits per heavy atom. The van der Waals surface area contributed by atoms with Crippen molar-refractivity contribution in [1.29, 1.82) is 0 Å². The number of rotatable bonds is 4. The molecule has 0 bridgehead atoms. The Morgan fingerprint density at radius 1 is 1.35 bits per heavy atom. The van der Waals surface area contributed by atoms with E-state index in [2.05, 4.69) is 14.7 Å². The van der Waals surface area contributed by atoms with Gasteiger partial charge in [0.25, 0.3) is 5.56 Å². The van der Waals surface area contributed by atoms with Crippen LogP contribution in [0.15, 0.2) is 16.9 Å². The lowest BCUT2D eigenvalue weighted by Crippen LogP contribution is -2.12. The van der Waals surface area contributed by atoms with Crippen LogP contribution in [0.3, 0.4) is 0 Å². The smallest absolute Gasteiger partial charge is 0.387 e. The average Bonchev–Trinajstić information content (AvgIpc) is 3.21. The van der Waals surface area contributed by atoms with E-state index in [4.69, 9.17) is 4.74 Å². The Balaban J connectivity index is 2.17. The van der Waals surface area contributed by atoms with Crippen molar-refractivity contribution in [3.8, 4) is 11.5 Å². The number of halogens is 2. The number of benzene rings is 1. The first-order chi connectivity index (χ1) is 9.58. The zero-order valence-corrected chi connectivity index (χ0v) is 10.7. The van der Waals surface area contributed by atoms with Crippen molar-refractivity contribution in [1.82, 2.24) is 9.97 Å². The molecular formula is C13H12F2N2O3. The molecule has 0 saturated heterocycles. The van der Waals surface area contributed by atoms with Gasteiger partial charge in [-0.3, -0.25) is 4.79 Å². The molecule has 0 unspecified atom stereocenters. The number of hydrogen-bond donors (Lipinski definition) is 1. The molecule has 7 heteroatoms. The summed E-state index contributed by atoms with van der Waals surface area (Å²) < 4.78 is 34.1. The van der Waals surface area contributed by atoms with Crippen molar-refractivity contribution in [3.05, 3.63) is 28.3 Å². The minimum Gasteiger partial charge on any atom is -0.493 e. The molecule has 1 aliphatic rings. The molecule has 1 aliphatic carbocycles. The molecule has 0 spiro atoms. The summed E-state index contributed by atoms with van der Waals surface area (Å²) in [5, 5.41) is 0.285. The second-order valence-corrected chi connectivity index (χ2v) is 4.62. The third-order valence-electron chi connectivity index (χ3n) is 3.19. The fourth-order valence-electron chi connectivity index (χ4n) is 2.06. The summed E-state index contributed by atoms with van der Waals surface area (Å²) in [6.45, 7) is -2.97. The summed E-state index contributed by atoms with van der Waals surface area (Å²) in [4.78, 5) is 19.0. The van der Waals surface area contributed by atoms with E-state index >= 15 is 0 Å². The van der Waals surface area contributed by atoms with Crippen LogP contribution in [0.1, 0.15) is 24.6 Å². The van der Waals surface area contributed by atoms with E-state index in [9.17, 15) is 13.6 Å². The molecule has 2 aromatic rings. The van der Waals surface area contributed by atoms with Crippen LogP contribution in [-0.4, -0.2) is 23.7 Å². The van der Waals surface area contributed by atoms with Crippen LogP contribution < -0.4 is 15.0 Å². The van der Waals surface area contributed by atoms with Crippen molar-refractivity contribution in [3.63, 3.8) is 0 Å². The van der Waals surface area contributed by atoms with Gasteiger partial charge in [0.2, 0.25) is 0 Å². The van der Waals surface area contributed by atoms with Crippen molar-refractivity contribution in [2.75, 3.05) is 7.11 Å². The highest BCUT2D eigenvalue weighted by molar-refractivity contribution is 5.81. The lowest BCUT2D eigenvalue weighted by atomic mass is 10.2. The van der Waals surface area contributed by atoms with Crippen LogP contribution in [-0.2, 0) is 0 Å². The summed E-state index contributed by atoms with van der Waals surface area (Å²) >= 11 is 0. The summed E-state index contributed by atoms with van der Waals surface area (Å²) in [5.74, 6) is 0.795. The maximum Gasteiger partial charge on any atom is 0.387 e. The number of hydrogen-bond acceptors (Lipinski definition) is 4. The Labute approximate surface area is 112 Å². The van der Waals surface area contributed by atoms with Gasteiger partial charge in [0.1, 0.15) is 5.82 Å². The quantitative estimate of drug-likeness (QED) is 0.935. The molecule has 0 aliphatic heterocycles. The summed E-state index contributed by atoms with van der Waals surface area (Å²) in [7, 11) is 1.32. The van der Waals surface area contributed by atoms with Gasteiger partial charge in [-0.25, -0.2) is 4.98 Å². The largest absolute Gasteiger partial charge is 0.493 e. The van der Waals surface area contributed by atoms with Crippen LogP contribution >= 0.6 is 0 Å². The number of H-pyrrole nitrogens is 1. The van der Waals surface area contributed by atoms with Gasteiger partial charge >= 0.3 is 6.61 Å². The molecule has 0 atom stereocenters. The molecular weight excluding hydrogens is 270 g/mol. The Hall–Kier alpha value is -2.18. The first kappa shape index (κ1) is 12.8. The van der Waals surface area contributed by atoms with Crippen LogP contribution in [0.4, 0.5) is 8.78 Å². The van der Waals surface area contributed by atoms with Gasteiger partial charge in [-0.1, -0.05) is 0 Å².